The number of hydrogen-bond acceptors (Lipinski definition) is 4. The van der Waals surface area contributed by atoms with Gasteiger partial charge in [0.2, 0.25) is 5.88 Å². The Bertz CT molecular complexity index is 973. The number of pyridine rings is 1. The van der Waals surface area contributed by atoms with Gasteiger partial charge in [-0.1, -0.05) is 48.5 Å². The van der Waals surface area contributed by atoms with E-state index in [-0.39, 0.29) is 30.1 Å². The Morgan fingerprint density at radius 2 is 1.87 bits per heavy atom. The van der Waals surface area contributed by atoms with Gasteiger partial charge in [0, 0.05) is 32.3 Å². The zero-order valence-corrected chi connectivity index (χ0v) is 19.8. The molecule has 0 spiro atoms. The average Bonchev–Trinajstić information content (AvgIpc) is 3.22. The van der Waals surface area contributed by atoms with Crippen LogP contribution in [0.5, 0.6) is 11.6 Å². The van der Waals surface area contributed by atoms with E-state index in [0.717, 1.165) is 29.3 Å². The first-order valence-electron chi connectivity index (χ1n) is 10.1. The smallest absolute Gasteiger partial charge is 0.213 e. The van der Waals surface area contributed by atoms with Crippen LogP contribution in [0.4, 0.5) is 0 Å². The van der Waals surface area contributed by atoms with E-state index in [0.29, 0.717) is 25.6 Å². The van der Waals surface area contributed by atoms with E-state index < -0.39 is 0 Å². The van der Waals surface area contributed by atoms with E-state index in [1.165, 1.54) is 5.56 Å². The molecular formula is C24H27IN4O2. The van der Waals surface area contributed by atoms with Crippen LogP contribution in [0.25, 0.3) is 0 Å². The van der Waals surface area contributed by atoms with E-state index >= 15 is 0 Å². The first kappa shape index (κ1) is 22.9. The van der Waals surface area contributed by atoms with Gasteiger partial charge >= 0.3 is 0 Å². The molecule has 2 heterocycles. The molecule has 6 nitrogen and oxygen atoms in total. The largest absolute Gasteiger partial charge is 0.488 e. The highest BCUT2D eigenvalue weighted by Crippen LogP contribution is 2.27. The van der Waals surface area contributed by atoms with Crippen LogP contribution in [0.15, 0.2) is 77.9 Å². The zero-order chi connectivity index (χ0) is 20.6. The molecule has 1 aliphatic rings. The summed E-state index contributed by atoms with van der Waals surface area (Å²) < 4.78 is 11.8. The van der Waals surface area contributed by atoms with Crippen molar-refractivity contribution in [1.29, 1.82) is 0 Å². The molecule has 1 unspecified atom stereocenters. The number of benzene rings is 2. The van der Waals surface area contributed by atoms with E-state index in [1.807, 2.05) is 60.7 Å². The summed E-state index contributed by atoms with van der Waals surface area (Å²) in [4.78, 5) is 8.60. The number of hydrogen-bond donors (Lipinski definition) is 2. The van der Waals surface area contributed by atoms with Crippen molar-refractivity contribution in [2.75, 3.05) is 13.6 Å². The Hall–Kier alpha value is -2.81. The minimum absolute atomic E-state index is 0. The summed E-state index contributed by atoms with van der Waals surface area (Å²) in [7, 11) is 1.76. The minimum Gasteiger partial charge on any atom is -0.488 e. The molecule has 0 saturated heterocycles. The highest BCUT2D eigenvalue weighted by atomic mass is 127. The van der Waals surface area contributed by atoms with Crippen LogP contribution in [-0.2, 0) is 19.6 Å². The fourth-order valence-electron chi connectivity index (χ4n) is 3.36. The molecule has 1 atom stereocenters. The predicted molar refractivity (Wildman–Crippen MR) is 133 cm³/mol. The van der Waals surface area contributed by atoms with Crippen LogP contribution in [-0.4, -0.2) is 30.6 Å². The van der Waals surface area contributed by atoms with Crippen LogP contribution < -0.4 is 20.1 Å². The topological polar surface area (TPSA) is 67.8 Å². The molecule has 2 aromatic carbocycles. The molecule has 0 radical (unpaired) electrons. The van der Waals surface area contributed by atoms with E-state index in [1.54, 1.807) is 13.2 Å². The van der Waals surface area contributed by atoms with Gasteiger partial charge in [-0.15, -0.1) is 24.0 Å². The average molecular weight is 530 g/mol. The Morgan fingerprint density at radius 3 is 2.68 bits per heavy atom. The van der Waals surface area contributed by atoms with Crippen molar-refractivity contribution >= 4 is 29.9 Å². The maximum atomic E-state index is 5.97. The van der Waals surface area contributed by atoms with Crippen molar-refractivity contribution in [3.05, 3.63) is 89.6 Å². The van der Waals surface area contributed by atoms with Gasteiger partial charge < -0.3 is 20.1 Å². The maximum Gasteiger partial charge on any atom is 0.213 e. The molecule has 1 aliphatic heterocycles. The maximum absolute atomic E-state index is 5.97. The molecule has 162 valence electrons. The number of rotatable bonds is 7. The monoisotopic (exact) mass is 530 g/mol. The molecule has 4 rings (SSSR count). The third-order valence-corrected chi connectivity index (χ3v) is 4.92. The first-order chi connectivity index (χ1) is 14.8. The molecule has 1 aromatic heterocycles. The second kappa shape index (κ2) is 11.5. The van der Waals surface area contributed by atoms with Gasteiger partial charge in [0.05, 0.1) is 6.54 Å². The van der Waals surface area contributed by atoms with Crippen LogP contribution in [0.3, 0.4) is 0 Å². The third-order valence-electron chi connectivity index (χ3n) is 4.92. The summed E-state index contributed by atoms with van der Waals surface area (Å²) in [6, 6.07) is 22.2. The fourth-order valence-corrected chi connectivity index (χ4v) is 3.36. The molecule has 0 fully saturated rings. The van der Waals surface area contributed by atoms with E-state index in [2.05, 4.69) is 26.7 Å². The molecule has 0 bridgehead atoms. The van der Waals surface area contributed by atoms with Crippen molar-refractivity contribution in [3.8, 4) is 11.6 Å². The number of nitrogens with one attached hydrogen (secondary N) is 2. The summed E-state index contributed by atoms with van der Waals surface area (Å²) in [6.07, 6.45) is 2.78. The highest BCUT2D eigenvalue weighted by Gasteiger charge is 2.22. The minimum atomic E-state index is 0. The normalized spacial score (nSPS) is 14.7. The number of nitrogens with zero attached hydrogens (tertiary/aromatic N) is 2. The summed E-state index contributed by atoms with van der Waals surface area (Å²) >= 11 is 0. The Morgan fingerprint density at radius 1 is 1.06 bits per heavy atom. The van der Waals surface area contributed by atoms with Gasteiger partial charge in [-0.3, -0.25) is 4.99 Å². The van der Waals surface area contributed by atoms with Gasteiger partial charge in [-0.2, -0.15) is 0 Å². The second-order valence-electron chi connectivity index (χ2n) is 7.13. The predicted octanol–water partition coefficient (Wildman–Crippen LogP) is 3.95. The molecule has 0 saturated carbocycles. The molecule has 3 aromatic rings. The van der Waals surface area contributed by atoms with Crippen LogP contribution in [0, 0.1) is 0 Å². The van der Waals surface area contributed by atoms with Crippen LogP contribution in [0.1, 0.15) is 16.7 Å². The zero-order valence-electron chi connectivity index (χ0n) is 17.5. The Balaban J connectivity index is 0.00000272. The highest BCUT2D eigenvalue weighted by molar-refractivity contribution is 14.0. The second-order valence-corrected chi connectivity index (χ2v) is 7.13. The van der Waals surface area contributed by atoms with Crippen molar-refractivity contribution in [2.24, 2.45) is 4.99 Å². The first-order valence-corrected chi connectivity index (χ1v) is 10.1. The van der Waals surface area contributed by atoms with Gasteiger partial charge in [0.15, 0.2) is 5.96 Å². The van der Waals surface area contributed by atoms with Gasteiger partial charge in [-0.25, -0.2) is 4.98 Å². The summed E-state index contributed by atoms with van der Waals surface area (Å²) in [5, 5.41) is 6.68. The molecule has 0 aliphatic carbocycles. The molecule has 31 heavy (non-hydrogen) atoms. The summed E-state index contributed by atoms with van der Waals surface area (Å²) in [6.45, 7) is 1.81. The SMILES string of the molecule is CN=C(NCc1ccnc(OCc2ccccc2)c1)NCC1Cc2ccccc2O1.I. The molecule has 2 N–H and O–H groups in total. The lowest BCUT2D eigenvalue weighted by Crippen LogP contribution is -2.41. The molecule has 7 heteroatoms. The number of aromatic nitrogens is 1. The van der Waals surface area contributed by atoms with Gasteiger partial charge in [0.25, 0.3) is 0 Å². The Kier molecular flexibility index (Phi) is 8.52. The van der Waals surface area contributed by atoms with E-state index in [9.17, 15) is 0 Å². The summed E-state index contributed by atoms with van der Waals surface area (Å²) in [5.41, 5.74) is 3.44. The number of guanidine groups is 1. The number of fused-ring (bicyclic) bond motifs is 1. The number of para-hydroxylation sites is 1. The number of halogens is 1. The number of aliphatic imine (C=N–C) groups is 1. The van der Waals surface area contributed by atoms with Crippen LogP contribution >= 0.6 is 24.0 Å². The van der Waals surface area contributed by atoms with Crippen LogP contribution in [0.2, 0.25) is 0 Å². The van der Waals surface area contributed by atoms with Crippen molar-refractivity contribution < 1.29 is 9.47 Å². The third kappa shape index (κ3) is 6.58. The van der Waals surface area contributed by atoms with Gasteiger partial charge in [-0.05, 0) is 28.8 Å². The van der Waals surface area contributed by atoms with Crippen molar-refractivity contribution in [3.63, 3.8) is 0 Å². The lowest BCUT2D eigenvalue weighted by atomic mass is 10.1. The number of ether oxygens (including phenoxy) is 2. The lowest BCUT2D eigenvalue weighted by Gasteiger charge is -2.16. The quantitative estimate of drug-likeness (QED) is 0.275. The van der Waals surface area contributed by atoms with Crippen molar-refractivity contribution in [2.45, 2.75) is 25.7 Å². The lowest BCUT2D eigenvalue weighted by molar-refractivity contribution is 0.235. The van der Waals surface area contributed by atoms with Crippen molar-refractivity contribution in [1.82, 2.24) is 15.6 Å². The molecular weight excluding hydrogens is 503 g/mol. The van der Waals surface area contributed by atoms with E-state index in [4.69, 9.17) is 9.47 Å². The summed E-state index contributed by atoms with van der Waals surface area (Å²) in [5.74, 6) is 2.32. The van der Waals surface area contributed by atoms with Gasteiger partial charge in [0.1, 0.15) is 18.5 Å². The standard InChI is InChI=1S/C24H26N4O2.HI/c1-25-24(28-16-21-14-20-9-5-6-10-22(20)30-21)27-15-19-11-12-26-23(13-19)29-17-18-7-3-2-4-8-18;/h2-13,21H,14-17H2,1H3,(H2,25,27,28);1H. The Labute approximate surface area is 200 Å². The fraction of sp³-hybridized carbons (Fsp3) is 0.250. The molecule has 0 amide bonds.